The highest BCUT2D eigenvalue weighted by Crippen LogP contribution is 2.34. The van der Waals surface area contributed by atoms with Crippen molar-refractivity contribution in [3.63, 3.8) is 0 Å². The first-order valence-corrected chi connectivity index (χ1v) is 8.57. The molecular weight excluding hydrogens is 334 g/mol. The summed E-state index contributed by atoms with van der Waals surface area (Å²) in [6.07, 6.45) is 1.13. The number of nitrogens with one attached hydrogen (secondary N) is 1. The van der Waals surface area contributed by atoms with Gasteiger partial charge in [-0.05, 0) is 30.7 Å². The maximum atomic E-state index is 12.8. The number of hydrogen-bond acceptors (Lipinski definition) is 5. The van der Waals surface area contributed by atoms with Gasteiger partial charge in [0.1, 0.15) is 0 Å². The highest BCUT2D eigenvalue weighted by atomic mass is 16.6. The molecule has 1 N–H and O–H groups in total. The SMILES string of the molecule is C[C@@]1(C(=O)Nc2ccc3c(c2)OCCCO3)Cc2ccccc2C(=O)O1. The van der Waals surface area contributed by atoms with Crippen molar-refractivity contribution in [2.45, 2.75) is 25.4 Å². The predicted molar refractivity (Wildman–Crippen MR) is 94.6 cm³/mol. The standard InChI is InChI=1S/C20H19NO5/c1-20(12-13-5-2-3-6-15(13)18(22)26-20)19(23)21-14-7-8-16-17(11-14)25-10-4-9-24-16/h2-3,5-8,11H,4,9-10,12H2,1H3,(H,21,23)/t20-/m0/s1. The predicted octanol–water partition coefficient (Wildman–Crippen LogP) is 2.96. The molecule has 1 atom stereocenters. The van der Waals surface area contributed by atoms with Crippen molar-refractivity contribution in [3.8, 4) is 11.5 Å². The van der Waals surface area contributed by atoms with Gasteiger partial charge in [-0.25, -0.2) is 4.79 Å². The van der Waals surface area contributed by atoms with Gasteiger partial charge in [0.25, 0.3) is 5.91 Å². The molecule has 6 heteroatoms. The molecule has 0 spiro atoms. The molecule has 2 heterocycles. The number of anilines is 1. The Morgan fingerprint density at radius 1 is 1.08 bits per heavy atom. The molecule has 134 valence electrons. The molecule has 0 aliphatic carbocycles. The van der Waals surface area contributed by atoms with E-state index in [1.54, 1.807) is 37.3 Å². The van der Waals surface area contributed by atoms with Crippen molar-refractivity contribution < 1.29 is 23.8 Å². The normalized spacial score (nSPS) is 21.2. The van der Waals surface area contributed by atoms with Crippen LogP contribution in [0.25, 0.3) is 0 Å². The van der Waals surface area contributed by atoms with Crippen LogP contribution in [0.5, 0.6) is 11.5 Å². The molecule has 2 aromatic rings. The van der Waals surface area contributed by atoms with E-state index in [1.165, 1.54) is 0 Å². The monoisotopic (exact) mass is 353 g/mol. The number of cyclic esters (lactones) is 1. The zero-order chi connectivity index (χ0) is 18.1. The molecule has 6 nitrogen and oxygen atoms in total. The van der Waals surface area contributed by atoms with E-state index in [0.717, 1.165) is 12.0 Å². The van der Waals surface area contributed by atoms with Gasteiger partial charge >= 0.3 is 5.97 Å². The van der Waals surface area contributed by atoms with E-state index in [1.807, 2.05) is 12.1 Å². The summed E-state index contributed by atoms with van der Waals surface area (Å²) in [7, 11) is 0. The van der Waals surface area contributed by atoms with Gasteiger partial charge in [0.2, 0.25) is 0 Å². The van der Waals surface area contributed by atoms with Gasteiger partial charge in [0.05, 0.1) is 18.8 Å². The summed E-state index contributed by atoms with van der Waals surface area (Å²) in [5, 5.41) is 2.82. The topological polar surface area (TPSA) is 73.9 Å². The molecule has 2 aliphatic rings. The fourth-order valence-electron chi connectivity index (χ4n) is 3.16. The van der Waals surface area contributed by atoms with Crippen molar-refractivity contribution in [1.82, 2.24) is 0 Å². The molecule has 26 heavy (non-hydrogen) atoms. The van der Waals surface area contributed by atoms with E-state index in [-0.39, 0.29) is 5.91 Å². The molecule has 1 amide bonds. The van der Waals surface area contributed by atoms with E-state index in [2.05, 4.69) is 5.32 Å². The first kappa shape index (κ1) is 16.4. The number of ether oxygens (including phenoxy) is 3. The van der Waals surface area contributed by atoms with Crippen LogP contribution in [0.4, 0.5) is 5.69 Å². The van der Waals surface area contributed by atoms with Crippen LogP contribution >= 0.6 is 0 Å². The number of amides is 1. The summed E-state index contributed by atoms with van der Waals surface area (Å²) in [5.74, 6) is 0.388. The third-order valence-electron chi connectivity index (χ3n) is 4.57. The molecule has 0 aromatic heterocycles. The van der Waals surface area contributed by atoms with Crippen molar-refractivity contribution in [2.24, 2.45) is 0 Å². The maximum absolute atomic E-state index is 12.8. The molecule has 0 fully saturated rings. The summed E-state index contributed by atoms with van der Waals surface area (Å²) >= 11 is 0. The summed E-state index contributed by atoms with van der Waals surface area (Å²) in [6.45, 7) is 2.79. The Balaban J connectivity index is 1.55. The Bertz CT molecular complexity index is 878. The van der Waals surface area contributed by atoms with E-state index >= 15 is 0 Å². The summed E-state index contributed by atoms with van der Waals surface area (Å²) in [5.41, 5.74) is 0.610. The lowest BCUT2D eigenvalue weighted by atomic mass is 9.89. The zero-order valence-electron chi connectivity index (χ0n) is 14.4. The lowest BCUT2D eigenvalue weighted by molar-refractivity contribution is -0.134. The van der Waals surface area contributed by atoms with Crippen LogP contribution in [0.15, 0.2) is 42.5 Å². The first-order chi connectivity index (χ1) is 12.5. The first-order valence-electron chi connectivity index (χ1n) is 8.57. The molecule has 0 bridgehead atoms. The summed E-state index contributed by atoms with van der Waals surface area (Å²) in [4.78, 5) is 25.1. The zero-order valence-corrected chi connectivity index (χ0v) is 14.4. The second-order valence-corrected chi connectivity index (χ2v) is 6.62. The highest BCUT2D eigenvalue weighted by Gasteiger charge is 2.42. The number of carbonyl (C=O) groups is 2. The van der Waals surface area contributed by atoms with Crippen LogP contribution in [0.3, 0.4) is 0 Å². The van der Waals surface area contributed by atoms with Crippen molar-refractivity contribution in [2.75, 3.05) is 18.5 Å². The Labute approximate surface area is 151 Å². The minimum atomic E-state index is -1.27. The Morgan fingerprint density at radius 3 is 2.69 bits per heavy atom. The van der Waals surface area contributed by atoms with Crippen LogP contribution in [0, 0.1) is 0 Å². The summed E-state index contributed by atoms with van der Waals surface area (Å²) in [6, 6.07) is 12.4. The largest absolute Gasteiger partial charge is 0.490 e. The van der Waals surface area contributed by atoms with Crippen LogP contribution in [0.2, 0.25) is 0 Å². The van der Waals surface area contributed by atoms with Gasteiger partial charge < -0.3 is 19.5 Å². The lowest BCUT2D eigenvalue weighted by Gasteiger charge is -2.33. The molecule has 0 saturated carbocycles. The molecule has 0 radical (unpaired) electrons. The lowest BCUT2D eigenvalue weighted by Crippen LogP contribution is -2.48. The molecule has 0 saturated heterocycles. The van der Waals surface area contributed by atoms with Gasteiger partial charge in [0, 0.05) is 24.6 Å². The average molecular weight is 353 g/mol. The minimum Gasteiger partial charge on any atom is -0.490 e. The minimum absolute atomic E-state index is 0.325. The Morgan fingerprint density at radius 2 is 1.85 bits per heavy atom. The third kappa shape index (κ3) is 2.98. The van der Waals surface area contributed by atoms with Crippen LogP contribution < -0.4 is 14.8 Å². The fourth-order valence-corrected chi connectivity index (χ4v) is 3.16. The Hall–Kier alpha value is -3.02. The van der Waals surface area contributed by atoms with Gasteiger partial charge in [-0.15, -0.1) is 0 Å². The smallest absolute Gasteiger partial charge is 0.339 e. The van der Waals surface area contributed by atoms with E-state index < -0.39 is 11.6 Å². The molecular formula is C20H19NO5. The van der Waals surface area contributed by atoms with Crippen LogP contribution in [-0.4, -0.2) is 30.7 Å². The second kappa shape index (κ2) is 6.37. The Kier molecular flexibility index (Phi) is 4.03. The number of rotatable bonds is 2. The quantitative estimate of drug-likeness (QED) is 0.841. The van der Waals surface area contributed by atoms with Crippen LogP contribution in [0.1, 0.15) is 29.3 Å². The van der Waals surface area contributed by atoms with Crippen molar-refractivity contribution >= 4 is 17.6 Å². The fraction of sp³-hybridized carbons (Fsp3) is 0.300. The van der Waals surface area contributed by atoms with E-state index in [4.69, 9.17) is 14.2 Å². The van der Waals surface area contributed by atoms with Gasteiger partial charge in [-0.1, -0.05) is 18.2 Å². The molecule has 4 rings (SSSR count). The summed E-state index contributed by atoms with van der Waals surface area (Å²) < 4.78 is 16.7. The van der Waals surface area contributed by atoms with Crippen LogP contribution in [-0.2, 0) is 16.0 Å². The number of hydrogen-bond donors (Lipinski definition) is 1. The average Bonchev–Trinajstić information content (AvgIpc) is 2.86. The van der Waals surface area contributed by atoms with Crippen molar-refractivity contribution in [3.05, 3.63) is 53.6 Å². The van der Waals surface area contributed by atoms with E-state index in [9.17, 15) is 9.59 Å². The number of carbonyl (C=O) groups excluding carboxylic acids is 2. The van der Waals surface area contributed by atoms with Gasteiger partial charge in [0.15, 0.2) is 17.1 Å². The molecule has 0 unspecified atom stereocenters. The molecule has 2 aliphatic heterocycles. The number of esters is 1. The van der Waals surface area contributed by atoms with Gasteiger partial charge in [-0.2, -0.15) is 0 Å². The van der Waals surface area contributed by atoms with E-state index in [0.29, 0.717) is 42.4 Å². The number of fused-ring (bicyclic) bond motifs is 2. The second-order valence-electron chi connectivity index (χ2n) is 6.62. The maximum Gasteiger partial charge on any atom is 0.339 e. The van der Waals surface area contributed by atoms with Gasteiger partial charge in [-0.3, -0.25) is 4.79 Å². The molecule has 2 aromatic carbocycles. The third-order valence-corrected chi connectivity index (χ3v) is 4.57. The highest BCUT2D eigenvalue weighted by molar-refractivity contribution is 6.02. The van der Waals surface area contributed by atoms with Crippen molar-refractivity contribution in [1.29, 1.82) is 0 Å². The number of benzene rings is 2.